The van der Waals surface area contributed by atoms with Gasteiger partial charge in [0.05, 0.1) is 49.1 Å². The van der Waals surface area contributed by atoms with E-state index in [9.17, 15) is 23.4 Å². The largest absolute Gasteiger partial charge is 0.497 e. The number of fused-ring (bicyclic) bond motifs is 2. The Hall–Kier alpha value is -3.14. The van der Waals surface area contributed by atoms with Crippen LogP contribution in [0.2, 0.25) is 0 Å². The van der Waals surface area contributed by atoms with Crippen LogP contribution in [-0.4, -0.2) is 88.5 Å². The van der Waals surface area contributed by atoms with Crippen molar-refractivity contribution in [2.45, 2.75) is 88.7 Å². The Morgan fingerprint density at radius 1 is 1.06 bits per heavy atom. The molecule has 3 aliphatic rings. The number of amides is 1. The van der Waals surface area contributed by atoms with E-state index in [1.807, 2.05) is 13.8 Å². The van der Waals surface area contributed by atoms with Crippen molar-refractivity contribution in [3.63, 3.8) is 0 Å². The molecule has 0 aromatic heterocycles. The molecule has 13 nitrogen and oxygen atoms in total. The summed E-state index contributed by atoms with van der Waals surface area (Å²) in [7, 11) is -2.68. The quantitative estimate of drug-likeness (QED) is 0.199. The van der Waals surface area contributed by atoms with Gasteiger partial charge in [0, 0.05) is 24.6 Å². The molecule has 5 rings (SSSR count). The predicted octanol–water partition coefficient (Wildman–Crippen LogP) is 3.12. The van der Waals surface area contributed by atoms with E-state index in [0.29, 0.717) is 50.0 Å². The van der Waals surface area contributed by atoms with Gasteiger partial charge in [-0.05, 0) is 74.8 Å². The van der Waals surface area contributed by atoms with Crippen LogP contribution in [0.1, 0.15) is 46.1 Å². The summed E-state index contributed by atoms with van der Waals surface area (Å²) in [6, 6.07) is 9.88. The molecule has 260 valence electrons. The zero-order chi connectivity index (χ0) is 33.9. The number of sulfonamides is 1. The van der Waals surface area contributed by atoms with Gasteiger partial charge in [-0.1, -0.05) is 26.0 Å². The van der Waals surface area contributed by atoms with Crippen LogP contribution in [0.15, 0.2) is 47.4 Å². The van der Waals surface area contributed by atoms with Gasteiger partial charge in [0.2, 0.25) is 16.4 Å². The zero-order valence-electron chi connectivity index (χ0n) is 27.6. The molecule has 7 atom stereocenters. The molecule has 0 spiro atoms. The number of ether oxygens (including phenoxy) is 4. The minimum atomic E-state index is -4.23. The average Bonchev–Trinajstić information content (AvgIpc) is 3.63. The van der Waals surface area contributed by atoms with Crippen molar-refractivity contribution >= 4 is 21.8 Å². The monoisotopic (exact) mass is 676 g/mol. The summed E-state index contributed by atoms with van der Waals surface area (Å²) in [6.45, 7) is 9.72. The van der Waals surface area contributed by atoms with Crippen LogP contribution < -0.4 is 29.7 Å². The van der Waals surface area contributed by atoms with Crippen molar-refractivity contribution in [3.8, 4) is 11.5 Å². The van der Waals surface area contributed by atoms with Crippen LogP contribution in [0, 0.1) is 17.8 Å². The van der Waals surface area contributed by atoms with E-state index < -0.39 is 46.9 Å². The van der Waals surface area contributed by atoms with Crippen molar-refractivity contribution in [1.82, 2.24) is 15.4 Å². The van der Waals surface area contributed by atoms with E-state index in [0.717, 1.165) is 11.3 Å². The number of carbonyl (C=O) groups is 1. The van der Waals surface area contributed by atoms with Crippen molar-refractivity contribution in [3.05, 3.63) is 48.0 Å². The van der Waals surface area contributed by atoms with Crippen LogP contribution in [0.4, 0.5) is 10.5 Å². The van der Waals surface area contributed by atoms with E-state index in [-0.39, 0.29) is 29.2 Å². The van der Waals surface area contributed by atoms with Crippen LogP contribution in [0.25, 0.3) is 0 Å². The normalized spacial score (nSPS) is 24.4. The fourth-order valence-corrected chi connectivity index (χ4v) is 8.11. The Morgan fingerprint density at radius 2 is 1.77 bits per heavy atom. The fraction of sp³-hybridized carbons (Fsp3) is 0.606. The summed E-state index contributed by atoms with van der Waals surface area (Å²) in [5, 5.41) is 27.5. The number of methoxy groups -OCH3 is 1. The standard InChI is InChI=1S/C33H48N4O9S/c1-19(2)18-37-27-11-10-23(17-28(27)46-32(37)34-20(3)4)47(41,42)36-29(24-12-14-44-31-25(24)13-15-45-31)30(38)26(35-33(39)40)16-21-6-8-22(43-5)9-7-21/h6-11,17,19-20,24-26,29-32,34-36,38H,12-16,18H2,1-5H3,(H,39,40)/t24-,25+,26-,29?,30+,31+,32?/m0/s1. The highest BCUT2D eigenvalue weighted by atomic mass is 32.2. The third-order valence-electron chi connectivity index (χ3n) is 8.93. The molecule has 2 aromatic rings. The molecule has 2 fully saturated rings. The number of carboxylic acid groups (broad SMARTS) is 1. The van der Waals surface area contributed by atoms with Gasteiger partial charge < -0.3 is 39.4 Å². The molecule has 0 saturated carbocycles. The molecular formula is C33H48N4O9S. The van der Waals surface area contributed by atoms with Gasteiger partial charge in [0.1, 0.15) is 11.5 Å². The van der Waals surface area contributed by atoms with Gasteiger partial charge in [0.25, 0.3) is 0 Å². The number of hydrogen-bond acceptors (Lipinski definition) is 10. The highest BCUT2D eigenvalue weighted by Gasteiger charge is 2.47. The number of nitrogens with one attached hydrogen (secondary N) is 3. The minimum absolute atomic E-state index is 0.0210. The van der Waals surface area contributed by atoms with E-state index in [2.05, 4.69) is 34.1 Å². The summed E-state index contributed by atoms with van der Waals surface area (Å²) in [5.74, 6) is 0.829. The smallest absolute Gasteiger partial charge is 0.404 e. The maximum atomic E-state index is 14.2. The first-order valence-electron chi connectivity index (χ1n) is 16.3. The lowest BCUT2D eigenvalue weighted by Gasteiger charge is -2.41. The van der Waals surface area contributed by atoms with Crippen LogP contribution in [0.5, 0.6) is 11.5 Å². The second-order valence-electron chi connectivity index (χ2n) is 13.2. The summed E-state index contributed by atoms with van der Waals surface area (Å²) in [5.41, 5.74) is 1.53. The maximum absolute atomic E-state index is 14.2. The SMILES string of the molecule is COc1ccc(C[C@H](NC(=O)O)[C@@H](O)C(NS(=O)(=O)c2ccc3c(c2)OC(NC(C)C)N3CC(C)C)[C@H]2CCO[C@@H]3OCC[C@@H]32)cc1. The number of nitrogens with zero attached hydrogens (tertiary/aromatic N) is 1. The van der Waals surface area contributed by atoms with Gasteiger partial charge in [-0.15, -0.1) is 0 Å². The van der Waals surface area contributed by atoms with Crippen LogP contribution >= 0.6 is 0 Å². The summed E-state index contributed by atoms with van der Waals surface area (Å²) in [6.07, 6.45) is -2.54. The maximum Gasteiger partial charge on any atom is 0.404 e. The lowest BCUT2D eigenvalue weighted by molar-refractivity contribution is -0.172. The summed E-state index contributed by atoms with van der Waals surface area (Å²) >= 11 is 0. The molecular weight excluding hydrogens is 628 g/mol. The van der Waals surface area contributed by atoms with Crippen LogP contribution in [0.3, 0.4) is 0 Å². The molecule has 3 aliphatic heterocycles. The molecule has 2 unspecified atom stereocenters. The molecule has 3 heterocycles. The molecule has 47 heavy (non-hydrogen) atoms. The predicted molar refractivity (Wildman–Crippen MR) is 175 cm³/mol. The number of anilines is 1. The van der Waals surface area contributed by atoms with Gasteiger partial charge in [0.15, 0.2) is 6.29 Å². The molecule has 1 amide bonds. The number of hydrogen-bond donors (Lipinski definition) is 5. The number of rotatable bonds is 14. The molecule has 0 radical (unpaired) electrons. The van der Waals surface area contributed by atoms with Gasteiger partial charge in [-0.2, -0.15) is 0 Å². The van der Waals surface area contributed by atoms with Gasteiger partial charge in [-0.25, -0.2) is 17.9 Å². The van der Waals surface area contributed by atoms with E-state index >= 15 is 0 Å². The second kappa shape index (κ2) is 15.0. The first-order chi connectivity index (χ1) is 22.4. The first-order valence-corrected chi connectivity index (χ1v) is 17.7. The molecule has 0 bridgehead atoms. The summed E-state index contributed by atoms with van der Waals surface area (Å²) in [4.78, 5) is 14.0. The lowest BCUT2D eigenvalue weighted by Crippen LogP contribution is -2.59. The third-order valence-corrected chi connectivity index (χ3v) is 10.4. The fourth-order valence-electron chi connectivity index (χ4n) is 6.79. The number of aliphatic hydroxyl groups is 1. The second-order valence-corrected chi connectivity index (χ2v) is 14.9. The molecule has 5 N–H and O–H groups in total. The van der Waals surface area contributed by atoms with E-state index in [4.69, 9.17) is 18.9 Å². The number of benzene rings is 2. The Labute approximate surface area is 277 Å². The van der Waals surface area contributed by atoms with Crippen molar-refractivity contribution in [1.29, 1.82) is 0 Å². The Balaban J connectivity index is 1.46. The van der Waals surface area contributed by atoms with E-state index in [1.54, 1.807) is 37.4 Å². The first kappa shape index (κ1) is 35.2. The van der Waals surface area contributed by atoms with Crippen molar-refractivity contribution in [2.24, 2.45) is 17.8 Å². The van der Waals surface area contributed by atoms with Gasteiger partial charge >= 0.3 is 6.09 Å². The van der Waals surface area contributed by atoms with Crippen LogP contribution in [-0.2, 0) is 25.9 Å². The minimum Gasteiger partial charge on any atom is -0.497 e. The Morgan fingerprint density at radius 3 is 2.40 bits per heavy atom. The average molecular weight is 677 g/mol. The highest BCUT2D eigenvalue weighted by Crippen LogP contribution is 2.41. The molecule has 2 aromatic carbocycles. The number of aliphatic hydroxyl groups excluding tert-OH is 1. The third kappa shape index (κ3) is 8.30. The van der Waals surface area contributed by atoms with Gasteiger partial charge in [-0.3, -0.25) is 5.32 Å². The highest BCUT2D eigenvalue weighted by molar-refractivity contribution is 7.89. The molecule has 0 aliphatic carbocycles. The Kier molecular flexibility index (Phi) is 11.2. The van der Waals surface area contributed by atoms with Crippen molar-refractivity contribution in [2.75, 3.05) is 31.8 Å². The van der Waals surface area contributed by atoms with E-state index in [1.165, 1.54) is 12.1 Å². The molecule has 14 heteroatoms. The molecule has 2 saturated heterocycles. The van der Waals surface area contributed by atoms with Crippen molar-refractivity contribution < 1.29 is 42.4 Å². The lowest BCUT2D eigenvalue weighted by atomic mass is 9.77. The topological polar surface area (TPSA) is 168 Å². The summed E-state index contributed by atoms with van der Waals surface area (Å²) < 4.78 is 54.1. The zero-order valence-corrected chi connectivity index (χ0v) is 28.4. The Bertz CT molecular complexity index is 1470.